The number of alkyl halides is 1. The Morgan fingerprint density at radius 2 is 1.64 bits per heavy atom. The summed E-state index contributed by atoms with van der Waals surface area (Å²) in [6.07, 6.45) is 2.89. The smallest absolute Gasteiger partial charge is 0.123 e. The van der Waals surface area contributed by atoms with Crippen LogP contribution in [0.4, 0.5) is 4.39 Å². The van der Waals surface area contributed by atoms with Crippen LogP contribution in [-0.2, 0) is 13.0 Å². The maximum absolute atomic E-state index is 13.2. The van der Waals surface area contributed by atoms with Crippen molar-refractivity contribution in [1.29, 1.82) is 0 Å². The molecule has 0 aliphatic rings. The first-order chi connectivity index (χ1) is 10.8. The molecule has 0 saturated carbocycles. The second-order valence-corrected chi connectivity index (χ2v) is 5.61. The summed E-state index contributed by atoms with van der Waals surface area (Å²) in [5, 5.41) is 0. The second kappa shape index (κ2) is 6.80. The van der Waals surface area contributed by atoms with Crippen LogP contribution in [0.15, 0.2) is 66.9 Å². The molecule has 3 rings (SSSR count). The fourth-order valence-corrected chi connectivity index (χ4v) is 2.87. The van der Waals surface area contributed by atoms with E-state index in [-0.39, 0.29) is 5.82 Å². The fraction of sp³-hybridized carbons (Fsp3) is 0.158. The molecule has 0 aliphatic carbocycles. The summed E-state index contributed by atoms with van der Waals surface area (Å²) < 4.78 is 15.3. The topological polar surface area (TPSA) is 4.93 Å². The summed E-state index contributed by atoms with van der Waals surface area (Å²) in [4.78, 5) is 0. The average Bonchev–Trinajstić information content (AvgIpc) is 2.92. The largest absolute Gasteiger partial charge is 0.349 e. The molecule has 2 aromatic carbocycles. The maximum Gasteiger partial charge on any atom is 0.123 e. The zero-order chi connectivity index (χ0) is 15.4. The van der Waals surface area contributed by atoms with Gasteiger partial charge in [0.2, 0.25) is 0 Å². The van der Waals surface area contributed by atoms with E-state index in [9.17, 15) is 4.39 Å². The van der Waals surface area contributed by atoms with E-state index in [1.54, 1.807) is 0 Å². The quantitative estimate of drug-likeness (QED) is 0.576. The maximum atomic E-state index is 13.2. The van der Waals surface area contributed by atoms with Gasteiger partial charge in [0.05, 0.1) is 0 Å². The van der Waals surface area contributed by atoms with Crippen LogP contribution in [0.25, 0.3) is 11.1 Å². The molecule has 3 heteroatoms. The van der Waals surface area contributed by atoms with Gasteiger partial charge in [-0.2, -0.15) is 0 Å². The Morgan fingerprint density at radius 3 is 2.32 bits per heavy atom. The lowest BCUT2D eigenvalue weighted by molar-refractivity contribution is 0.628. The van der Waals surface area contributed by atoms with Crippen molar-refractivity contribution in [2.24, 2.45) is 0 Å². The van der Waals surface area contributed by atoms with Crippen LogP contribution >= 0.6 is 11.6 Å². The van der Waals surface area contributed by atoms with Crippen molar-refractivity contribution in [2.45, 2.75) is 13.0 Å². The van der Waals surface area contributed by atoms with Gasteiger partial charge in [-0.1, -0.05) is 42.5 Å². The van der Waals surface area contributed by atoms with Crippen LogP contribution in [0.3, 0.4) is 0 Å². The van der Waals surface area contributed by atoms with E-state index in [0.717, 1.165) is 24.1 Å². The van der Waals surface area contributed by atoms with Gasteiger partial charge in [0.25, 0.3) is 0 Å². The Balaban J connectivity index is 2.01. The first-order valence-corrected chi connectivity index (χ1v) is 7.85. The van der Waals surface area contributed by atoms with Crippen molar-refractivity contribution >= 4 is 11.6 Å². The predicted octanol–water partition coefficient (Wildman–Crippen LogP) is 5.12. The molecule has 22 heavy (non-hydrogen) atoms. The first-order valence-electron chi connectivity index (χ1n) is 7.32. The Labute approximate surface area is 135 Å². The summed E-state index contributed by atoms with van der Waals surface area (Å²) in [6.45, 7) is 0.769. The highest BCUT2D eigenvalue weighted by atomic mass is 35.5. The molecule has 0 atom stereocenters. The standard InChI is InChI=1S/C19H17ClFN/c20-11-13-22-12-10-18(16-6-8-17(21)9-7-16)19(22)14-15-4-2-1-3-5-15/h1-10,12H,11,13-14H2. The fourth-order valence-electron chi connectivity index (χ4n) is 2.68. The van der Waals surface area contributed by atoms with Crippen molar-refractivity contribution in [3.05, 3.63) is 83.9 Å². The molecule has 0 spiro atoms. The van der Waals surface area contributed by atoms with Gasteiger partial charge < -0.3 is 4.57 Å². The molecule has 0 bridgehead atoms. The molecule has 0 N–H and O–H groups in total. The summed E-state index contributed by atoms with van der Waals surface area (Å²) in [7, 11) is 0. The molecule has 112 valence electrons. The van der Waals surface area contributed by atoms with E-state index >= 15 is 0 Å². The zero-order valence-electron chi connectivity index (χ0n) is 12.2. The number of hydrogen-bond donors (Lipinski definition) is 0. The number of aromatic nitrogens is 1. The van der Waals surface area contributed by atoms with E-state index in [2.05, 4.69) is 29.0 Å². The van der Waals surface area contributed by atoms with Crippen LogP contribution in [-0.4, -0.2) is 10.4 Å². The van der Waals surface area contributed by atoms with Crippen molar-refractivity contribution in [1.82, 2.24) is 4.57 Å². The number of nitrogens with zero attached hydrogens (tertiary/aromatic N) is 1. The number of benzene rings is 2. The van der Waals surface area contributed by atoms with Crippen LogP contribution in [0.2, 0.25) is 0 Å². The van der Waals surface area contributed by atoms with Crippen molar-refractivity contribution in [2.75, 3.05) is 5.88 Å². The molecule has 1 nitrogen and oxygen atoms in total. The predicted molar refractivity (Wildman–Crippen MR) is 89.8 cm³/mol. The third kappa shape index (κ3) is 3.23. The number of halogens is 2. The molecular weight excluding hydrogens is 297 g/mol. The van der Waals surface area contributed by atoms with Gasteiger partial charge in [-0.25, -0.2) is 4.39 Å². The Bertz CT molecular complexity index is 732. The zero-order valence-corrected chi connectivity index (χ0v) is 12.9. The summed E-state index contributed by atoms with van der Waals surface area (Å²) >= 11 is 5.92. The molecule has 0 amide bonds. The number of hydrogen-bond acceptors (Lipinski definition) is 0. The molecule has 0 radical (unpaired) electrons. The Kier molecular flexibility index (Phi) is 4.59. The summed E-state index contributed by atoms with van der Waals surface area (Å²) in [6, 6.07) is 19.1. The Hall–Kier alpha value is -2.06. The number of rotatable bonds is 5. The van der Waals surface area contributed by atoms with Gasteiger partial charge in [0, 0.05) is 36.3 Å². The summed E-state index contributed by atoms with van der Waals surface area (Å²) in [5.41, 5.74) is 4.62. The molecular formula is C19H17ClFN. The van der Waals surface area contributed by atoms with Gasteiger partial charge in [0.1, 0.15) is 5.82 Å². The van der Waals surface area contributed by atoms with Gasteiger partial charge in [-0.05, 0) is 29.3 Å². The lowest BCUT2D eigenvalue weighted by atomic mass is 10.0. The SMILES string of the molecule is Fc1ccc(-c2ccn(CCCl)c2Cc2ccccc2)cc1. The normalized spacial score (nSPS) is 10.8. The third-order valence-electron chi connectivity index (χ3n) is 3.77. The van der Waals surface area contributed by atoms with Crippen molar-refractivity contribution in [3.8, 4) is 11.1 Å². The van der Waals surface area contributed by atoms with Crippen molar-refractivity contribution < 1.29 is 4.39 Å². The van der Waals surface area contributed by atoms with Gasteiger partial charge in [0.15, 0.2) is 0 Å². The lowest BCUT2D eigenvalue weighted by Crippen LogP contribution is -2.04. The molecule has 0 fully saturated rings. The minimum absolute atomic E-state index is 0.214. The highest BCUT2D eigenvalue weighted by Gasteiger charge is 2.11. The minimum Gasteiger partial charge on any atom is -0.349 e. The second-order valence-electron chi connectivity index (χ2n) is 5.23. The van der Waals surface area contributed by atoms with Gasteiger partial charge in [-0.15, -0.1) is 11.6 Å². The van der Waals surface area contributed by atoms with Crippen molar-refractivity contribution in [3.63, 3.8) is 0 Å². The molecule has 0 aliphatic heterocycles. The van der Waals surface area contributed by atoms with Crippen LogP contribution in [0, 0.1) is 5.82 Å². The van der Waals surface area contributed by atoms with E-state index in [0.29, 0.717) is 5.88 Å². The Morgan fingerprint density at radius 1 is 0.909 bits per heavy atom. The van der Waals surface area contributed by atoms with Crippen LogP contribution < -0.4 is 0 Å². The molecule has 1 heterocycles. The highest BCUT2D eigenvalue weighted by molar-refractivity contribution is 6.17. The molecule has 3 aromatic rings. The molecule has 0 unspecified atom stereocenters. The lowest BCUT2D eigenvalue weighted by Gasteiger charge is -2.11. The van der Waals surface area contributed by atoms with Gasteiger partial charge in [-0.3, -0.25) is 0 Å². The van der Waals surface area contributed by atoms with Crippen LogP contribution in [0.5, 0.6) is 0 Å². The van der Waals surface area contributed by atoms with Gasteiger partial charge >= 0.3 is 0 Å². The van der Waals surface area contributed by atoms with E-state index in [1.165, 1.54) is 23.4 Å². The first kappa shape index (κ1) is 14.9. The number of aryl methyl sites for hydroxylation is 1. The van der Waals surface area contributed by atoms with E-state index in [1.807, 2.05) is 30.3 Å². The minimum atomic E-state index is -0.214. The van der Waals surface area contributed by atoms with E-state index < -0.39 is 0 Å². The molecule has 1 aromatic heterocycles. The average molecular weight is 314 g/mol. The summed E-state index contributed by atoms with van der Waals surface area (Å²) in [5.74, 6) is 0.354. The van der Waals surface area contributed by atoms with E-state index in [4.69, 9.17) is 11.6 Å². The monoisotopic (exact) mass is 313 g/mol. The third-order valence-corrected chi connectivity index (χ3v) is 3.94. The highest BCUT2D eigenvalue weighted by Crippen LogP contribution is 2.27. The van der Waals surface area contributed by atoms with Crippen LogP contribution in [0.1, 0.15) is 11.3 Å². The molecule has 0 saturated heterocycles.